The Bertz CT molecular complexity index is 3960. The van der Waals surface area contributed by atoms with Crippen LogP contribution in [-0.4, -0.2) is 15.0 Å². The Hall–Kier alpha value is -8.25. The maximum Gasteiger partial charge on any atom is 0.164 e. The van der Waals surface area contributed by atoms with E-state index in [0.29, 0.717) is 17.5 Å². The minimum absolute atomic E-state index is 0.633. The molecular weight excluding hydrogens is 799 g/mol. The lowest BCUT2D eigenvalue weighted by Gasteiger charge is -2.11. The molecule has 0 fully saturated rings. The second-order valence-electron chi connectivity index (χ2n) is 16.4. The average Bonchev–Trinajstić information content (AvgIpc) is 3.94. The second kappa shape index (κ2) is 14.7. The molecule has 0 radical (unpaired) electrons. The Labute approximate surface area is 372 Å². The van der Waals surface area contributed by atoms with E-state index in [2.05, 4.69) is 194 Å². The molecule has 0 aliphatic carbocycles. The third-order valence-electron chi connectivity index (χ3n) is 12.5. The zero-order chi connectivity index (χ0) is 42.1. The molecular formula is C59H35N3OS. The summed E-state index contributed by atoms with van der Waals surface area (Å²) < 4.78 is 8.96. The third kappa shape index (κ3) is 6.17. The van der Waals surface area contributed by atoms with E-state index in [-0.39, 0.29) is 0 Å². The summed E-state index contributed by atoms with van der Waals surface area (Å²) in [4.78, 5) is 15.5. The lowest BCUT2D eigenvalue weighted by atomic mass is 9.95. The maximum atomic E-state index is 6.50. The zero-order valence-corrected chi connectivity index (χ0v) is 35.2. The van der Waals surface area contributed by atoms with Gasteiger partial charge in [-0.05, 0) is 103 Å². The van der Waals surface area contributed by atoms with Gasteiger partial charge in [0.05, 0.1) is 0 Å². The third-order valence-corrected chi connectivity index (χ3v) is 13.7. The standard InChI is InChI=1S/C59H35N3OS/c1-2-11-40(12-3-1)57-60-58(62-59(61-57)49-16-9-19-54-56(49)48-14-6-7-18-53(48)64-54)45-29-26-39-25-28-44(33-46(39)34-45)47-15-8-17-52-55(47)50-35-43(30-31-51(50)63-52)38-22-20-37(21-23-38)42-27-24-36-10-4-5-13-41(36)32-42/h1-35H. The van der Waals surface area contributed by atoms with Crippen molar-refractivity contribution in [2.75, 3.05) is 0 Å². The summed E-state index contributed by atoms with van der Waals surface area (Å²) >= 11 is 1.80. The van der Waals surface area contributed by atoms with Gasteiger partial charge in [0.25, 0.3) is 0 Å². The number of fused-ring (bicyclic) bond motifs is 8. The van der Waals surface area contributed by atoms with Gasteiger partial charge >= 0.3 is 0 Å². The first-order valence-electron chi connectivity index (χ1n) is 21.5. The molecule has 10 aromatic carbocycles. The smallest absolute Gasteiger partial charge is 0.164 e. The van der Waals surface area contributed by atoms with Crippen molar-refractivity contribution < 1.29 is 4.42 Å². The molecule has 3 heterocycles. The number of rotatable bonds is 6. The summed E-state index contributed by atoms with van der Waals surface area (Å²) in [6, 6.07) is 75.3. The summed E-state index contributed by atoms with van der Waals surface area (Å²) in [6.45, 7) is 0. The number of hydrogen-bond acceptors (Lipinski definition) is 5. The highest BCUT2D eigenvalue weighted by molar-refractivity contribution is 7.25. The van der Waals surface area contributed by atoms with E-state index in [4.69, 9.17) is 19.4 Å². The molecule has 4 nitrogen and oxygen atoms in total. The second-order valence-corrected chi connectivity index (χ2v) is 17.4. The number of nitrogens with zero attached hydrogens (tertiary/aromatic N) is 3. The minimum atomic E-state index is 0.633. The predicted molar refractivity (Wildman–Crippen MR) is 268 cm³/mol. The molecule has 0 saturated heterocycles. The van der Waals surface area contributed by atoms with E-state index in [1.165, 1.54) is 42.1 Å². The molecule has 0 spiro atoms. The van der Waals surface area contributed by atoms with Crippen LogP contribution in [0.2, 0.25) is 0 Å². The number of aromatic nitrogens is 3. The summed E-state index contributed by atoms with van der Waals surface area (Å²) in [5, 5.41) is 9.31. The SMILES string of the molecule is c1ccc(-c2nc(-c3ccc4ccc(-c5cccc6oc7ccc(-c8ccc(-c9ccc%10ccccc%10c9)cc8)cc7c56)cc4c3)nc(-c3cccc4sc5ccccc5c34)n2)cc1. The molecule has 13 rings (SSSR count). The van der Waals surface area contributed by atoms with Gasteiger partial charge in [-0.15, -0.1) is 11.3 Å². The summed E-state index contributed by atoms with van der Waals surface area (Å²) in [5.41, 5.74) is 11.6. The predicted octanol–water partition coefficient (Wildman–Crippen LogP) is 16.4. The van der Waals surface area contributed by atoms with Gasteiger partial charge in [0.1, 0.15) is 11.2 Å². The highest BCUT2D eigenvalue weighted by atomic mass is 32.1. The molecule has 0 amide bonds. The molecule has 64 heavy (non-hydrogen) atoms. The van der Waals surface area contributed by atoms with Crippen LogP contribution in [0.1, 0.15) is 0 Å². The van der Waals surface area contributed by atoms with E-state index in [1.807, 2.05) is 18.2 Å². The monoisotopic (exact) mass is 833 g/mol. The molecule has 298 valence electrons. The Morgan fingerprint density at radius 1 is 0.297 bits per heavy atom. The minimum Gasteiger partial charge on any atom is -0.456 e. The van der Waals surface area contributed by atoms with Crippen molar-refractivity contribution in [3.63, 3.8) is 0 Å². The molecule has 0 aliphatic heterocycles. The molecule has 13 aromatic rings. The van der Waals surface area contributed by atoms with Crippen LogP contribution in [0.25, 0.3) is 131 Å². The molecule has 0 saturated carbocycles. The van der Waals surface area contributed by atoms with Crippen LogP contribution < -0.4 is 0 Å². The topological polar surface area (TPSA) is 51.8 Å². The largest absolute Gasteiger partial charge is 0.456 e. The zero-order valence-electron chi connectivity index (χ0n) is 34.4. The molecule has 0 unspecified atom stereocenters. The van der Waals surface area contributed by atoms with Gasteiger partial charge in [-0.25, -0.2) is 15.0 Å². The van der Waals surface area contributed by atoms with E-state index in [9.17, 15) is 0 Å². The normalized spacial score (nSPS) is 11.8. The van der Waals surface area contributed by atoms with Crippen molar-refractivity contribution in [2.24, 2.45) is 0 Å². The quantitative estimate of drug-likeness (QED) is 0.167. The van der Waals surface area contributed by atoms with Crippen LogP contribution in [0.15, 0.2) is 217 Å². The van der Waals surface area contributed by atoms with Gasteiger partial charge < -0.3 is 4.42 Å². The van der Waals surface area contributed by atoms with E-state index >= 15 is 0 Å². The van der Waals surface area contributed by atoms with Crippen LogP contribution in [0.3, 0.4) is 0 Å². The van der Waals surface area contributed by atoms with Crippen molar-refractivity contribution in [3.05, 3.63) is 212 Å². The van der Waals surface area contributed by atoms with Gasteiger partial charge in [0.2, 0.25) is 0 Å². The lowest BCUT2D eigenvalue weighted by molar-refractivity contribution is 0.669. The lowest BCUT2D eigenvalue weighted by Crippen LogP contribution is -2.00. The van der Waals surface area contributed by atoms with E-state index < -0.39 is 0 Å². The highest BCUT2D eigenvalue weighted by Gasteiger charge is 2.18. The Balaban J connectivity index is 0.900. The number of furan rings is 1. The van der Waals surface area contributed by atoms with Crippen LogP contribution >= 0.6 is 11.3 Å². The fraction of sp³-hybridized carbons (Fsp3) is 0. The first kappa shape index (κ1) is 36.4. The Kier molecular flexibility index (Phi) is 8.36. The van der Waals surface area contributed by atoms with Crippen molar-refractivity contribution in [1.29, 1.82) is 0 Å². The summed E-state index contributed by atoms with van der Waals surface area (Å²) in [7, 11) is 0. The highest BCUT2D eigenvalue weighted by Crippen LogP contribution is 2.42. The van der Waals surface area contributed by atoms with Crippen molar-refractivity contribution in [3.8, 4) is 67.5 Å². The summed E-state index contributed by atoms with van der Waals surface area (Å²) in [6.07, 6.45) is 0. The fourth-order valence-corrected chi connectivity index (χ4v) is 10.5. The fourth-order valence-electron chi connectivity index (χ4n) is 9.33. The van der Waals surface area contributed by atoms with E-state index in [0.717, 1.165) is 71.7 Å². The Morgan fingerprint density at radius 2 is 0.875 bits per heavy atom. The Morgan fingerprint density at radius 3 is 1.72 bits per heavy atom. The van der Waals surface area contributed by atoms with E-state index in [1.54, 1.807) is 11.3 Å². The van der Waals surface area contributed by atoms with Crippen LogP contribution in [0, 0.1) is 0 Å². The van der Waals surface area contributed by atoms with Gasteiger partial charge in [0.15, 0.2) is 17.5 Å². The average molecular weight is 834 g/mol. The van der Waals surface area contributed by atoms with Gasteiger partial charge in [0, 0.05) is 47.6 Å². The number of benzene rings is 10. The van der Waals surface area contributed by atoms with Crippen LogP contribution in [-0.2, 0) is 0 Å². The molecule has 5 heteroatoms. The molecule has 3 aromatic heterocycles. The summed E-state index contributed by atoms with van der Waals surface area (Å²) in [5.74, 6) is 1.93. The molecule has 0 N–H and O–H groups in total. The van der Waals surface area contributed by atoms with Gasteiger partial charge in [-0.1, -0.05) is 164 Å². The first-order chi connectivity index (χ1) is 31.7. The molecule has 0 atom stereocenters. The first-order valence-corrected chi connectivity index (χ1v) is 22.3. The maximum absolute atomic E-state index is 6.50. The van der Waals surface area contributed by atoms with Crippen LogP contribution in [0.5, 0.6) is 0 Å². The number of hydrogen-bond donors (Lipinski definition) is 0. The van der Waals surface area contributed by atoms with Crippen molar-refractivity contribution >= 4 is 75.0 Å². The molecule has 0 aliphatic rings. The molecule has 0 bridgehead atoms. The van der Waals surface area contributed by atoms with Crippen LogP contribution in [0.4, 0.5) is 0 Å². The van der Waals surface area contributed by atoms with Crippen molar-refractivity contribution in [1.82, 2.24) is 15.0 Å². The van der Waals surface area contributed by atoms with Crippen molar-refractivity contribution in [2.45, 2.75) is 0 Å². The van der Waals surface area contributed by atoms with Gasteiger partial charge in [-0.2, -0.15) is 0 Å². The van der Waals surface area contributed by atoms with Gasteiger partial charge in [-0.3, -0.25) is 0 Å². The number of thiophene rings is 1.